The molecule has 1 aromatic carbocycles. The molecule has 0 unspecified atom stereocenters. The van der Waals surface area contributed by atoms with Crippen LogP contribution in [0.25, 0.3) is 0 Å². The third kappa shape index (κ3) is 3.96. The predicted octanol–water partition coefficient (Wildman–Crippen LogP) is 3.76. The first-order valence-electron chi connectivity index (χ1n) is 6.04. The predicted molar refractivity (Wildman–Crippen MR) is 83.2 cm³/mol. The molecule has 7 heteroatoms. The van der Waals surface area contributed by atoms with E-state index in [-0.39, 0.29) is 22.3 Å². The summed E-state index contributed by atoms with van der Waals surface area (Å²) in [6, 6.07) is 7.66. The Bertz CT molecular complexity index is 658. The molecule has 1 aromatic heterocycles. The molecule has 1 heterocycles. The van der Waals surface area contributed by atoms with Gasteiger partial charge in [-0.2, -0.15) is 0 Å². The molecule has 0 bridgehead atoms. The standard InChI is InChI=1S/C14H13ClN2O3S/c1-17(8-10-3-2-6-21-10)14(20)16-12-7-9(13(18)19)4-5-11(12)15/h2-7H,8H2,1H3,(H,16,20)(H,18,19). The Balaban J connectivity index is 2.08. The van der Waals surface area contributed by atoms with Crippen molar-refractivity contribution < 1.29 is 14.7 Å². The Labute approximate surface area is 130 Å². The van der Waals surface area contributed by atoms with Crippen molar-refractivity contribution in [2.75, 3.05) is 12.4 Å². The zero-order valence-corrected chi connectivity index (χ0v) is 12.7. The Morgan fingerprint density at radius 2 is 2.14 bits per heavy atom. The second-order valence-electron chi connectivity index (χ2n) is 4.37. The Kier molecular flexibility index (Phi) is 4.82. The molecule has 110 valence electrons. The fraction of sp³-hybridized carbons (Fsp3) is 0.143. The number of thiophene rings is 1. The van der Waals surface area contributed by atoms with E-state index in [1.165, 1.54) is 23.1 Å². The summed E-state index contributed by atoms with van der Waals surface area (Å²) < 4.78 is 0. The fourth-order valence-electron chi connectivity index (χ4n) is 1.67. The number of carboxylic acid groups (broad SMARTS) is 1. The van der Waals surface area contributed by atoms with Gasteiger partial charge in [-0.25, -0.2) is 9.59 Å². The van der Waals surface area contributed by atoms with E-state index in [0.29, 0.717) is 6.54 Å². The van der Waals surface area contributed by atoms with Crippen molar-refractivity contribution in [3.63, 3.8) is 0 Å². The van der Waals surface area contributed by atoms with Gasteiger partial charge in [0.2, 0.25) is 0 Å². The number of urea groups is 1. The number of nitrogens with zero attached hydrogens (tertiary/aromatic N) is 1. The van der Waals surface area contributed by atoms with E-state index in [9.17, 15) is 9.59 Å². The number of hydrogen-bond acceptors (Lipinski definition) is 3. The first-order valence-corrected chi connectivity index (χ1v) is 7.30. The van der Waals surface area contributed by atoms with Crippen LogP contribution in [-0.2, 0) is 6.54 Å². The molecule has 0 aliphatic rings. The number of carbonyl (C=O) groups is 2. The normalized spacial score (nSPS) is 10.2. The lowest BCUT2D eigenvalue weighted by Crippen LogP contribution is -2.30. The second kappa shape index (κ2) is 6.60. The number of anilines is 1. The largest absolute Gasteiger partial charge is 0.478 e. The quantitative estimate of drug-likeness (QED) is 0.899. The highest BCUT2D eigenvalue weighted by Gasteiger charge is 2.13. The third-order valence-electron chi connectivity index (χ3n) is 2.77. The van der Waals surface area contributed by atoms with Gasteiger partial charge in [0.15, 0.2) is 0 Å². The average Bonchev–Trinajstić information content (AvgIpc) is 2.93. The summed E-state index contributed by atoms with van der Waals surface area (Å²) in [5.41, 5.74) is 0.343. The van der Waals surface area contributed by atoms with Crippen LogP contribution in [0.2, 0.25) is 5.02 Å². The molecule has 0 spiro atoms. The first-order chi connectivity index (χ1) is 9.97. The molecular weight excluding hydrogens is 312 g/mol. The summed E-state index contributed by atoms with van der Waals surface area (Å²) in [6.07, 6.45) is 0. The van der Waals surface area contributed by atoms with Crippen LogP contribution in [0.4, 0.5) is 10.5 Å². The minimum Gasteiger partial charge on any atom is -0.478 e. The highest BCUT2D eigenvalue weighted by atomic mass is 35.5. The Hall–Kier alpha value is -2.05. The van der Waals surface area contributed by atoms with Gasteiger partial charge in [-0.3, -0.25) is 0 Å². The molecular formula is C14H13ClN2O3S. The van der Waals surface area contributed by atoms with Gasteiger partial charge in [0.1, 0.15) is 0 Å². The number of hydrogen-bond donors (Lipinski definition) is 2. The zero-order chi connectivity index (χ0) is 15.4. The Morgan fingerprint density at radius 3 is 2.76 bits per heavy atom. The third-order valence-corrected chi connectivity index (χ3v) is 3.97. The van der Waals surface area contributed by atoms with Gasteiger partial charge in [0.25, 0.3) is 0 Å². The Morgan fingerprint density at radius 1 is 1.38 bits per heavy atom. The van der Waals surface area contributed by atoms with Gasteiger partial charge >= 0.3 is 12.0 Å². The molecule has 21 heavy (non-hydrogen) atoms. The van der Waals surface area contributed by atoms with Gasteiger partial charge in [0.05, 0.1) is 22.8 Å². The number of rotatable bonds is 4. The highest BCUT2D eigenvalue weighted by Crippen LogP contribution is 2.23. The summed E-state index contributed by atoms with van der Waals surface area (Å²) >= 11 is 7.53. The van der Waals surface area contributed by atoms with Crippen LogP contribution in [0.5, 0.6) is 0 Å². The van der Waals surface area contributed by atoms with Crippen LogP contribution in [-0.4, -0.2) is 29.1 Å². The van der Waals surface area contributed by atoms with E-state index < -0.39 is 5.97 Å². The molecule has 0 aliphatic heterocycles. The van der Waals surface area contributed by atoms with Crippen molar-refractivity contribution in [2.24, 2.45) is 0 Å². The fourth-order valence-corrected chi connectivity index (χ4v) is 2.59. The van der Waals surface area contributed by atoms with E-state index in [2.05, 4.69) is 5.32 Å². The molecule has 5 nitrogen and oxygen atoms in total. The number of benzene rings is 1. The number of carboxylic acids is 1. The smallest absolute Gasteiger partial charge is 0.335 e. The van der Waals surface area contributed by atoms with E-state index in [1.807, 2.05) is 17.5 Å². The van der Waals surface area contributed by atoms with E-state index in [0.717, 1.165) is 4.88 Å². The molecule has 0 radical (unpaired) electrons. The van der Waals surface area contributed by atoms with Crippen LogP contribution in [0.15, 0.2) is 35.7 Å². The SMILES string of the molecule is CN(Cc1cccs1)C(=O)Nc1cc(C(=O)O)ccc1Cl. The molecule has 0 fully saturated rings. The summed E-state index contributed by atoms with van der Waals surface area (Å²) in [4.78, 5) is 25.6. The van der Waals surface area contributed by atoms with Crippen LogP contribution >= 0.6 is 22.9 Å². The lowest BCUT2D eigenvalue weighted by atomic mass is 10.2. The maximum atomic E-state index is 12.1. The monoisotopic (exact) mass is 324 g/mol. The van der Waals surface area contributed by atoms with Gasteiger partial charge in [-0.05, 0) is 29.6 Å². The molecule has 0 saturated heterocycles. The topological polar surface area (TPSA) is 69.6 Å². The van der Waals surface area contributed by atoms with Crippen LogP contribution in [0, 0.1) is 0 Å². The van der Waals surface area contributed by atoms with Crippen LogP contribution in [0.3, 0.4) is 0 Å². The summed E-state index contributed by atoms with van der Waals surface area (Å²) in [6.45, 7) is 0.472. The van der Waals surface area contributed by atoms with E-state index >= 15 is 0 Å². The first kappa shape index (κ1) is 15.3. The second-order valence-corrected chi connectivity index (χ2v) is 5.80. The molecule has 0 saturated carbocycles. The minimum atomic E-state index is -1.07. The van der Waals surface area contributed by atoms with Crippen molar-refractivity contribution in [3.8, 4) is 0 Å². The zero-order valence-electron chi connectivity index (χ0n) is 11.2. The van der Waals surface area contributed by atoms with Gasteiger partial charge in [-0.1, -0.05) is 17.7 Å². The van der Waals surface area contributed by atoms with Crippen LogP contribution in [0.1, 0.15) is 15.2 Å². The lowest BCUT2D eigenvalue weighted by molar-refractivity contribution is 0.0697. The molecule has 2 amide bonds. The van der Waals surface area contributed by atoms with Crippen molar-refractivity contribution >= 4 is 40.6 Å². The van der Waals surface area contributed by atoms with Crippen molar-refractivity contribution in [1.29, 1.82) is 0 Å². The van der Waals surface area contributed by atoms with E-state index in [1.54, 1.807) is 18.4 Å². The van der Waals surface area contributed by atoms with Gasteiger partial charge in [0, 0.05) is 11.9 Å². The van der Waals surface area contributed by atoms with Crippen molar-refractivity contribution in [2.45, 2.75) is 6.54 Å². The molecule has 0 atom stereocenters. The van der Waals surface area contributed by atoms with Gasteiger partial charge < -0.3 is 15.3 Å². The molecule has 2 rings (SSSR count). The number of amides is 2. The maximum Gasteiger partial charge on any atom is 0.335 e. The summed E-state index contributed by atoms with van der Waals surface area (Å²) in [5, 5.41) is 13.8. The van der Waals surface area contributed by atoms with Gasteiger partial charge in [-0.15, -0.1) is 11.3 Å². The summed E-state index contributed by atoms with van der Waals surface area (Å²) in [5.74, 6) is -1.07. The van der Waals surface area contributed by atoms with Crippen molar-refractivity contribution in [3.05, 3.63) is 51.2 Å². The van der Waals surface area contributed by atoms with Crippen LogP contribution < -0.4 is 5.32 Å². The number of nitrogens with one attached hydrogen (secondary N) is 1. The number of carbonyl (C=O) groups excluding carboxylic acids is 1. The molecule has 0 aliphatic carbocycles. The maximum absolute atomic E-state index is 12.1. The number of aromatic carboxylic acids is 1. The lowest BCUT2D eigenvalue weighted by Gasteiger charge is -2.18. The molecule has 2 aromatic rings. The van der Waals surface area contributed by atoms with Crippen molar-refractivity contribution in [1.82, 2.24) is 4.90 Å². The minimum absolute atomic E-state index is 0.0654. The average molecular weight is 325 g/mol. The summed E-state index contributed by atoms with van der Waals surface area (Å²) in [7, 11) is 1.66. The highest BCUT2D eigenvalue weighted by molar-refractivity contribution is 7.09. The molecule has 2 N–H and O–H groups in total. The number of halogens is 1. The van der Waals surface area contributed by atoms with E-state index in [4.69, 9.17) is 16.7 Å².